The summed E-state index contributed by atoms with van der Waals surface area (Å²) >= 11 is 0. The van der Waals surface area contributed by atoms with Gasteiger partial charge in [-0.2, -0.15) is 0 Å². The highest BCUT2D eigenvalue weighted by Gasteiger charge is 2.12. The SMILES string of the molecule is CC(C)CNc1ccncc1S(C)(=O)=O. The van der Waals surface area contributed by atoms with Crippen molar-refractivity contribution in [2.75, 3.05) is 18.1 Å². The van der Waals surface area contributed by atoms with Gasteiger partial charge in [0.2, 0.25) is 0 Å². The minimum absolute atomic E-state index is 0.255. The summed E-state index contributed by atoms with van der Waals surface area (Å²) in [6.45, 7) is 4.87. The Morgan fingerprint density at radius 2 is 2.13 bits per heavy atom. The molecular formula is C10H16N2O2S. The predicted octanol–water partition coefficient (Wildman–Crippen LogP) is 1.55. The van der Waals surface area contributed by atoms with E-state index in [2.05, 4.69) is 24.1 Å². The maximum absolute atomic E-state index is 11.4. The molecular weight excluding hydrogens is 212 g/mol. The molecule has 0 spiro atoms. The number of hydrogen-bond donors (Lipinski definition) is 1. The quantitative estimate of drug-likeness (QED) is 0.849. The van der Waals surface area contributed by atoms with Crippen molar-refractivity contribution in [3.63, 3.8) is 0 Å². The van der Waals surface area contributed by atoms with Gasteiger partial charge in [-0.1, -0.05) is 13.8 Å². The van der Waals surface area contributed by atoms with Gasteiger partial charge in [0.1, 0.15) is 4.90 Å². The van der Waals surface area contributed by atoms with Crippen LogP contribution in [0.4, 0.5) is 5.69 Å². The third-order valence-electron chi connectivity index (χ3n) is 1.88. The van der Waals surface area contributed by atoms with Crippen molar-refractivity contribution >= 4 is 15.5 Å². The van der Waals surface area contributed by atoms with Crippen LogP contribution in [-0.2, 0) is 9.84 Å². The summed E-state index contributed by atoms with van der Waals surface area (Å²) in [6.07, 6.45) is 4.14. The molecule has 0 aliphatic heterocycles. The van der Waals surface area contributed by atoms with Crippen molar-refractivity contribution in [1.82, 2.24) is 4.98 Å². The van der Waals surface area contributed by atoms with Gasteiger partial charge >= 0.3 is 0 Å². The first-order chi connectivity index (χ1) is 6.91. The summed E-state index contributed by atoms with van der Waals surface area (Å²) in [5, 5.41) is 3.10. The fourth-order valence-electron chi connectivity index (χ4n) is 1.14. The molecule has 0 saturated heterocycles. The average molecular weight is 228 g/mol. The first kappa shape index (κ1) is 12.0. The van der Waals surface area contributed by atoms with E-state index >= 15 is 0 Å². The van der Waals surface area contributed by atoms with Crippen LogP contribution >= 0.6 is 0 Å². The minimum atomic E-state index is -3.21. The normalized spacial score (nSPS) is 11.7. The fourth-order valence-corrected chi connectivity index (χ4v) is 1.93. The van der Waals surface area contributed by atoms with E-state index in [-0.39, 0.29) is 4.90 Å². The lowest BCUT2D eigenvalue weighted by molar-refractivity contribution is 0.601. The van der Waals surface area contributed by atoms with Crippen LogP contribution in [0.3, 0.4) is 0 Å². The summed E-state index contributed by atoms with van der Waals surface area (Å²) in [7, 11) is -3.21. The molecule has 0 aliphatic carbocycles. The van der Waals surface area contributed by atoms with E-state index in [0.717, 1.165) is 6.54 Å². The van der Waals surface area contributed by atoms with Crippen molar-refractivity contribution in [3.8, 4) is 0 Å². The number of rotatable bonds is 4. The van der Waals surface area contributed by atoms with Crippen molar-refractivity contribution in [2.24, 2.45) is 5.92 Å². The maximum Gasteiger partial charge on any atom is 0.179 e. The van der Waals surface area contributed by atoms with E-state index in [1.807, 2.05) is 0 Å². The molecule has 0 radical (unpaired) electrons. The van der Waals surface area contributed by atoms with Crippen LogP contribution in [0.25, 0.3) is 0 Å². The molecule has 1 N–H and O–H groups in total. The number of aromatic nitrogens is 1. The Bertz CT molecular complexity index is 427. The number of sulfone groups is 1. The number of nitrogens with one attached hydrogen (secondary N) is 1. The molecule has 0 aliphatic rings. The first-order valence-corrected chi connectivity index (χ1v) is 6.68. The molecule has 0 atom stereocenters. The molecule has 0 unspecified atom stereocenters. The standard InChI is InChI=1S/C10H16N2O2S/c1-8(2)6-12-9-4-5-11-7-10(9)15(3,13)14/h4-5,7-8H,6H2,1-3H3,(H,11,12). The molecule has 0 amide bonds. The second kappa shape index (κ2) is 4.61. The predicted molar refractivity (Wildman–Crippen MR) is 60.7 cm³/mol. The monoisotopic (exact) mass is 228 g/mol. The fraction of sp³-hybridized carbons (Fsp3) is 0.500. The largest absolute Gasteiger partial charge is 0.384 e. The Morgan fingerprint density at radius 1 is 1.47 bits per heavy atom. The van der Waals surface area contributed by atoms with Gasteiger partial charge in [-0.3, -0.25) is 4.98 Å². The van der Waals surface area contributed by atoms with Crippen molar-refractivity contribution in [2.45, 2.75) is 18.7 Å². The van der Waals surface area contributed by atoms with Crippen molar-refractivity contribution in [3.05, 3.63) is 18.5 Å². The lowest BCUT2D eigenvalue weighted by Crippen LogP contribution is -2.11. The summed E-state index contributed by atoms with van der Waals surface area (Å²) < 4.78 is 22.8. The van der Waals surface area contributed by atoms with Gasteiger partial charge in [-0.25, -0.2) is 8.42 Å². The minimum Gasteiger partial charge on any atom is -0.384 e. The average Bonchev–Trinajstić information content (AvgIpc) is 2.13. The van der Waals surface area contributed by atoms with Crippen LogP contribution in [0.2, 0.25) is 0 Å². The highest BCUT2D eigenvalue weighted by atomic mass is 32.2. The molecule has 1 aromatic heterocycles. The second-order valence-electron chi connectivity index (χ2n) is 3.92. The number of pyridine rings is 1. The molecule has 1 rings (SSSR count). The lowest BCUT2D eigenvalue weighted by atomic mass is 10.2. The lowest BCUT2D eigenvalue weighted by Gasteiger charge is -2.11. The van der Waals surface area contributed by atoms with E-state index in [1.54, 1.807) is 12.3 Å². The van der Waals surface area contributed by atoms with Crippen molar-refractivity contribution in [1.29, 1.82) is 0 Å². The van der Waals surface area contributed by atoms with E-state index in [1.165, 1.54) is 12.5 Å². The Kier molecular flexibility index (Phi) is 3.68. The van der Waals surface area contributed by atoms with Crippen LogP contribution < -0.4 is 5.32 Å². The maximum atomic E-state index is 11.4. The Morgan fingerprint density at radius 3 is 2.67 bits per heavy atom. The zero-order valence-corrected chi connectivity index (χ0v) is 10.0. The topological polar surface area (TPSA) is 59.1 Å². The van der Waals surface area contributed by atoms with Crippen LogP contribution in [-0.4, -0.2) is 26.2 Å². The van der Waals surface area contributed by atoms with Gasteiger partial charge in [0, 0.05) is 25.2 Å². The van der Waals surface area contributed by atoms with Gasteiger partial charge < -0.3 is 5.32 Å². The number of hydrogen-bond acceptors (Lipinski definition) is 4. The Labute approximate surface area is 90.7 Å². The summed E-state index contributed by atoms with van der Waals surface area (Å²) in [6, 6.07) is 1.68. The molecule has 1 aromatic rings. The number of anilines is 1. The van der Waals surface area contributed by atoms with Gasteiger partial charge in [0.05, 0.1) is 5.69 Å². The highest BCUT2D eigenvalue weighted by Crippen LogP contribution is 2.19. The smallest absolute Gasteiger partial charge is 0.179 e. The van der Waals surface area contributed by atoms with Crippen LogP contribution in [0.5, 0.6) is 0 Å². The summed E-state index contributed by atoms with van der Waals surface area (Å²) in [4.78, 5) is 4.07. The van der Waals surface area contributed by atoms with Crippen LogP contribution in [0.15, 0.2) is 23.4 Å². The number of nitrogens with zero attached hydrogens (tertiary/aromatic N) is 1. The first-order valence-electron chi connectivity index (χ1n) is 4.79. The summed E-state index contributed by atoms with van der Waals surface area (Å²) in [5.74, 6) is 0.463. The zero-order chi connectivity index (χ0) is 11.5. The van der Waals surface area contributed by atoms with Gasteiger partial charge in [0.15, 0.2) is 9.84 Å². The van der Waals surface area contributed by atoms with E-state index in [9.17, 15) is 8.42 Å². The molecule has 5 heteroatoms. The molecule has 15 heavy (non-hydrogen) atoms. The molecule has 0 saturated carbocycles. The van der Waals surface area contributed by atoms with Crippen molar-refractivity contribution < 1.29 is 8.42 Å². The third kappa shape index (κ3) is 3.51. The molecule has 0 bridgehead atoms. The third-order valence-corrected chi connectivity index (χ3v) is 3.01. The summed E-state index contributed by atoms with van der Waals surface area (Å²) in [5.41, 5.74) is 0.626. The molecule has 0 aromatic carbocycles. The van der Waals surface area contributed by atoms with E-state index in [0.29, 0.717) is 11.6 Å². The Balaban J connectivity index is 2.98. The van der Waals surface area contributed by atoms with Crippen LogP contribution in [0, 0.1) is 5.92 Å². The van der Waals surface area contributed by atoms with Gasteiger partial charge in [0.25, 0.3) is 0 Å². The van der Waals surface area contributed by atoms with Gasteiger partial charge in [-0.15, -0.1) is 0 Å². The zero-order valence-electron chi connectivity index (χ0n) is 9.19. The highest BCUT2D eigenvalue weighted by molar-refractivity contribution is 7.90. The van der Waals surface area contributed by atoms with E-state index in [4.69, 9.17) is 0 Å². The van der Waals surface area contributed by atoms with Crippen LogP contribution in [0.1, 0.15) is 13.8 Å². The van der Waals surface area contributed by atoms with E-state index < -0.39 is 9.84 Å². The molecule has 84 valence electrons. The second-order valence-corrected chi connectivity index (χ2v) is 5.90. The molecule has 4 nitrogen and oxygen atoms in total. The Hall–Kier alpha value is -1.10. The van der Waals surface area contributed by atoms with Gasteiger partial charge in [-0.05, 0) is 12.0 Å². The molecule has 0 fully saturated rings. The molecule has 1 heterocycles.